The summed E-state index contributed by atoms with van der Waals surface area (Å²) in [6.07, 6.45) is 3.90. The number of rotatable bonds is 6. The van der Waals surface area contributed by atoms with Crippen LogP contribution in [0.1, 0.15) is 31.5 Å². The van der Waals surface area contributed by atoms with Gasteiger partial charge in [0.1, 0.15) is 24.1 Å². The summed E-state index contributed by atoms with van der Waals surface area (Å²) in [5.74, 6) is 0.768. The van der Waals surface area contributed by atoms with Gasteiger partial charge in [-0.05, 0) is 31.9 Å². The lowest BCUT2D eigenvalue weighted by Gasteiger charge is -2.10. The predicted molar refractivity (Wildman–Crippen MR) is 76.7 cm³/mol. The van der Waals surface area contributed by atoms with E-state index in [0.29, 0.717) is 18.3 Å². The molecule has 1 aromatic carbocycles. The van der Waals surface area contributed by atoms with Crippen molar-refractivity contribution >= 4 is 5.91 Å². The van der Waals surface area contributed by atoms with Crippen LogP contribution in [0.4, 0.5) is 0 Å². The first-order valence-electron chi connectivity index (χ1n) is 7.11. The first kappa shape index (κ1) is 13.6. The topological polar surface area (TPSA) is 69.0 Å². The van der Waals surface area contributed by atoms with Crippen molar-refractivity contribution in [2.24, 2.45) is 0 Å². The highest BCUT2D eigenvalue weighted by atomic mass is 16.5. The maximum Gasteiger partial charge on any atom is 0.244 e. The summed E-state index contributed by atoms with van der Waals surface area (Å²) in [5.41, 5.74) is 0.699. The van der Waals surface area contributed by atoms with Crippen molar-refractivity contribution in [1.29, 1.82) is 0 Å². The monoisotopic (exact) mass is 286 g/mol. The molecule has 21 heavy (non-hydrogen) atoms. The van der Waals surface area contributed by atoms with E-state index < -0.39 is 0 Å². The number of amides is 1. The number of carbonyl (C=O) groups is 1. The number of aromatic nitrogens is 3. The van der Waals surface area contributed by atoms with Crippen LogP contribution in [0, 0.1) is 0 Å². The summed E-state index contributed by atoms with van der Waals surface area (Å²) in [7, 11) is 0. The summed E-state index contributed by atoms with van der Waals surface area (Å²) < 4.78 is 7.17. The summed E-state index contributed by atoms with van der Waals surface area (Å²) in [6, 6.07) is 9.52. The lowest BCUT2D eigenvalue weighted by Crippen LogP contribution is -2.32. The summed E-state index contributed by atoms with van der Waals surface area (Å²) in [5, 5.41) is 11.0. The number of nitrogens with zero attached hydrogens (tertiary/aromatic N) is 3. The molecule has 0 aliphatic heterocycles. The first-order valence-corrected chi connectivity index (χ1v) is 7.11. The molecule has 6 heteroatoms. The van der Waals surface area contributed by atoms with Crippen LogP contribution in [0.2, 0.25) is 0 Å². The quantitative estimate of drug-likeness (QED) is 0.877. The van der Waals surface area contributed by atoms with Gasteiger partial charge in [-0.3, -0.25) is 4.79 Å². The minimum absolute atomic E-state index is 0.0158. The van der Waals surface area contributed by atoms with Crippen LogP contribution in [0.15, 0.2) is 36.5 Å². The Morgan fingerprint density at radius 1 is 1.43 bits per heavy atom. The Labute approximate surface area is 123 Å². The molecule has 0 radical (unpaired) electrons. The molecule has 2 aromatic rings. The second-order valence-electron chi connectivity index (χ2n) is 5.25. The van der Waals surface area contributed by atoms with Crippen LogP contribution in [-0.2, 0) is 11.4 Å². The fourth-order valence-electron chi connectivity index (χ4n) is 1.91. The van der Waals surface area contributed by atoms with Gasteiger partial charge in [-0.25, -0.2) is 4.68 Å². The van der Waals surface area contributed by atoms with Crippen molar-refractivity contribution in [2.75, 3.05) is 0 Å². The fraction of sp³-hybridized carbons (Fsp3) is 0.400. The van der Waals surface area contributed by atoms with Gasteiger partial charge in [-0.1, -0.05) is 23.4 Å². The predicted octanol–water partition coefficient (Wildman–Crippen LogP) is 1.70. The van der Waals surface area contributed by atoms with E-state index in [0.717, 1.165) is 18.6 Å². The molecule has 1 atom stereocenters. The third kappa shape index (κ3) is 3.59. The Kier molecular flexibility index (Phi) is 3.85. The molecule has 1 amide bonds. The van der Waals surface area contributed by atoms with Crippen molar-refractivity contribution in [3.8, 4) is 5.75 Å². The van der Waals surface area contributed by atoms with Crippen LogP contribution in [0.5, 0.6) is 5.75 Å². The van der Waals surface area contributed by atoms with Gasteiger partial charge < -0.3 is 10.1 Å². The molecule has 0 saturated heterocycles. The number of para-hydroxylation sites is 1. The number of hydrogen-bond acceptors (Lipinski definition) is 4. The molecule has 0 bridgehead atoms. The number of nitrogens with one attached hydrogen (secondary N) is 1. The Balaban J connectivity index is 1.56. The van der Waals surface area contributed by atoms with Crippen molar-refractivity contribution < 1.29 is 9.53 Å². The van der Waals surface area contributed by atoms with Crippen molar-refractivity contribution in [1.82, 2.24) is 20.3 Å². The van der Waals surface area contributed by atoms with Crippen LogP contribution in [0.3, 0.4) is 0 Å². The maximum atomic E-state index is 12.0. The Bertz CT molecular complexity index is 607. The molecule has 0 unspecified atom stereocenters. The van der Waals surface area contributed by atoms with E-state index in [1.54, 1.807) is 10.9 Å². The SMILES string of the molecule is C[C@H](C(=O)NC1CC1)n1cc(COc2ccccc2)nn1. The van der Waals surface area contributed by atoms with Gasteiger partial charge in [0.25, 0.3) is 0 Å². The lowest BCUT2D eigenvalue weighted by atomic mass is 10.3. The van der Waals surface area contributed by atoms with Crippen molar-refractivity contribution in [2.45, 2.75) is 38.5 Å². The largest absolute Gasteiger partial charge is 0.487 e. The third-order valence-electron chi connectivity index (χ3n) is 3.39. The molecule has 1 aliphatic rings. The van der Waals surface area contributed by atoms with E-state index >= 15 is 0 Å². The first-order chi connectivity index (χ1) is 10.2. The van der Waals surface area contributed by atoms with Crippen molar-refractivity contribution in [3.05, 3.63) is 42.2 Å². The van der Waals surface area contributed by atoms with E-state index in [1.807, 2.05) is 37.3 Å². The molecule has 1 heterocycles. The number of carbonyl (C=O) groups excluding carboxylic acids is 1. The van der Waals surface area contributed by atoms with Gasteiger partial charge in [0, 0.05) is 6.04 Å². The molecule has 6 nitrogen and oxygen atoms in total. The van der Waals surface area contributed by atoms with Gasteiger partial charge in [-0.2, -0.15) is 0 Å². The summed E-state index contributed by atoms with van der Waals surface area (Å²) >= 11 is 0. The van der Waals surface area contributed by atoms with Crippen LogP contribution in [0.25, 0.3) is 0 Å². The number of benzene rings is 1. The molecule has 3 rings (SSSR count). The zero-order valence-electron chi connectivity index (χ0n) is 11.9. The molecule has 1 N–H and O–H groups in total. The van der Waals surface area contributed by atoms with Crippen LogP contribution in [-0.4, -0.2) is 26.9 Å². The smallest absolute Gasteiger partial charge is 0.244 e. The standard InChI is InChI=1S/C15H18N4O2/c1-11(15(20)16-12-7-8-12)19-9-13(17-18-19)10-21-14-5-3-2-4-6-14/h2-6,9,11-12H,7-8,10H2,1H3,(H,16,20)/t11-/m1/s1. The lowest BCUT2D eigenvalue weighted by molar-refractivity contribution is -0.124. The third-order valence-corrected chi connectivity index (χ3v) is 3.39. The number of ether oxygens (including phenoxy) is 1. The average Bonchev–Trinajstić information content (AvgIpc) is 3.20. The van der Waals surface area contributed by atoms with E-state index in [4.69, 9.17) is 4.74 Å². The molecule has 1 aliphatic carbocycles. The molecule has 1 aromatic heterocycles. The van der Waals surface area contributed by atoms with E-state index in [1.165, 1.54) is 0 Å². The highest BCUT2D eigenvalue weighted by Gasteiger charge is 2.26. The van der Waals surface area contributed by atoms with Gasteiger partial charge in [-0.15, -0.1) is 5.10 Å². The maximum absolute atomic E-state index is 12.0. The van der Waals surface area contributed by atoms with Crippen molar-refractivity contribution in [3.63, 3.8) is 0 Å². The minimum Gasteiger partial charge on any atom is -0.487 e. The summed E-state index contributed by atoms with van der Waals surface area (Å²) in [6.45, 7) is 2.15. The normalized spacial score (nSPS) is 15.5. The van der Waals surface area contributed by atoms with Gasteiger partial charge in [0.2, 0.25) is 5.91 Å². The zero-order valence-corrected chi connectivity index (χ0v) is 11.9. The highest BCUT2D eigenvalue weighted by Crippen LogP contribution is 2.20. The molecule has 1 fully saturated rings. The van der Waals surface area contributed by atoms with Gasteiger partial charge in [0.15, 0.2) is 0 Å². The second kappa shape index (κ2) is 5.95. The molecule has 1 saturated carbocycles. The molecular formula is C15H18N4O2. The van der Waals surface area contributed by atoms with E-state index in [2.05, 4.69) is 15.6 Å². The highest BCUT2D eigenvalue weighted by molar-refractivity contribution is 5.80. The van der Waals surface area contributed by atoms with Gasteiger partial charge >= 0.3 is 0 Å². The number of hydrogen-bond donors (Lipinski definition) is 1. The van der Waals surface area contributed by atoms with E-state index in [-0.39, 0.29) is 11.9 Å². The molecule has 0 spiro atoms. The van der Waals surface area contributed by atoms with Crippen LogP contribution >= 0.6 is 0 Å². The van der Waals surface area contributed by atoms with E-state index in [9.17, 15) is 4.79 Å². The minimum atomic E-state index is -0.358. The average molecular weight is 286 g/mol. The zero-order chi connectivity index (χ0) is 14.7. The second-order valence-corrected chi connectivity index (χ2v) is 5.25. The van der Waals surface area contributed by atoms with Gasteiger partial charge in [0.05, 0.1) is 6.20 Å². The Hall–Kier alpha value is -2.37. The summed E-state index contributed by atoms with van der Waals surface area (Å²) in [4.78, 5) is 12.0. The molecular weight excluding hydrogens is 268 g/mol. The molecule has 110 valence electrons. The van der Waals surface area contributed by atoms with Crippen LogP contribution < -0.4 is 10.1 Å². The fourth-order valence-corrected chi connectivity index (χ4v) is 1.91. The Morgan fingerprint density at radius 3 is 2.90 bits per heavy atom. The Morgan fingerprint density at radius 2 is 2.19 bits per heavy atom.